The van der Waals surface area contributed by atoms with E-state index in [9.17, 15) is 8.78 Å². The highest BCUT2D eigenvalue weighted by atomic mass is 19.1. The van der Waals surface area contributed by atoms with Crippen LogP contribution in [0.25, 0.3) is 5.69 Å². The molecular weight excluding hydrogens is 260 g/mol. The van der Waals surface area contributed by atoms with Crippen LogP contribution in [0.4, 0.5) is 8.78 Å². The van der Waals surface area contributed by atoms with E-state index >= 15 is 0 Å². The first-order chi connectivity index (χ1) is 9.56. The van der Waals surface area contributed by atoms with E-state index in [2.05, 4.69) is 10.4 Å². The lowest BCUT2D eigenvalue weighted by Gasteiger charge is -2.07. The fraction of sp³-hybridized carbons (Fsp3) is 0.400. The first-order valence-corrected chi connectivity index (χ1v) is 6.80. The van der Waals surface area contributed by atoms with E-state index in [4.69, 9.17) is 0 Å². The van der Waals surface area contributed by atoms with Gasteiger partial charge in [-0.15, -0.1) is 0 Å². The number of hydrogen-bond acceptors (Lipinski definition) is 2. The molecule has 0 spiro atoms. The van der Waals surface area contributed by atoms with Crippen molar-refractivity contribution in [3.63, 3.8) is 0 Å². The van der Waals surface area contributed by atoms with Crippen LogP contribution in [0.2, 0.25) is 0 Å². The molecule has 0 amide bonds. The molecule has 1 fully saturated rings. The largest absolute Gasteiger partial charge is 0.310 e. The number of nitrogens with zero attached hydrogens (tertiary/aromatic N) is 2. The maximum absolute atomic E-state index is 13.9. The molecule has 1 saturated carbocycles. The summed E-state index contributed by atoms with van der Waals surface area (Å²) in [5, 5.41) is 7.82. The molecule has 3 nitrogen and oxygen atoms in total. The van der Waals surface area contributed by atoms with Crippen LogP contribution >= 0.6 is 0 Å². The smallest absolute Gasteiger partial charge is 0.151 e. The summed E-state index contributed by atoms with van der Waals surface area (Å²) < 4.78 is 28.4. The number of nitrogens with one attached hydrogen (secondary N) is 1. The minimum absolute atomic E-state index is 0.282. The fourth-order valence-corrected chi connectivity index (χ4v) is 2.35. The quantitative estimate of drug-likeness (QED) is 0.931. The van der Waals surface area contributed by atoms with Crippen LogP contribution in [-0.4, -0.2) is 15.8 Å². The summed E-state index contributed by atoms with van der Waals surface area (Å²) in [4.78, 5) is 0. The van der Waals surface area contributed by atoms with E-state index in [-0.39, 0.29) is 5.69 Å². The number of benzene rings is 1. The van der Waals surface area contributed by atoms with Crippen LogP contribution in [0.1, 0.15) is 29.8 Å². The Morgan fingerprint density at radius 2 is 2.05 bits per heavy atom. The van der Waals surface area contributed by atoms with E-state index in [1.165, 1.54) is 25.0 Å². The molecule has 3 rings (SSSR count). The number of aryl methyl sites for hydroxylation is 1. The first-order valence-electron chi connectivity index (χ1n) is 6.80. The summed E-state index contributed by atoms with van der Waals surface area (Å²) in [5.74, 6) is -1.18. The Morgan fingerprint density at radius 1 is 1.30 bits per heavy atom. The molecule has 0 unspecified atom stereocenters. The van der Waals surface area contributed by atoms with Gasteiger partial charge in [0.15, 0.2) is 5.82 Å². The SMILES string of the molecule is Cc1nn(-c2ccc(F)cc2F)c(C)c1CNC1CC1. The highest BCUT2D eigenvalue weighted by Gasteiger charge is 2.22. The minimum Gasteiger partial charge on any atom is -0.310 e. The van der Waals surface area contributed by atoms with Gasteiger partial charge in [0.1, 0.15) is 11.5 Å². The molecule has 1 aromatic carbocycles. The summed E-state index contributed by atoms with van der Waals surface area (Å²) in [6, 6.07) is 4.16. The molecule has 1 aromatic heterocycles. The summed E-state index contributed by atoms with van der Waals surface area (Å²) in [5.41, 5.74) is 3.13. The molecule has 1 heterocycles. The third-order valence-electron chi connectivity index (χ3n) is 3.72. The van der Waals surface area contributed by atoms with E-state index in [1.807, 2.05) is 13.8 Å². The van der Waals surface area contributed by atoms with Crippen LogP contribution in [0.5, 0.6) is 0 Å². The Bertz CT molecular complexity index is 645. The topological polar surface area (TPSA) is 29.9 Å². The van der Waals surface area contributed by atoms with E-state index in [0.29, 0.717) is 6.04 Å². The van der Waals surface area contributed by atoms with Gasteiger partial charge in [-0.1, -0.05) is 0 Å². The highest BCUT2D eigenvalue weighted by Crippen LogP contribution is 2.23. The maximum Gasteiger partial charge on any atom is 0.151 e. The number of halogens is 2. The molecule has 0 aliphatic heterocycles. The summed E-state index contributed by atoms with van der Waals surface area (Å²) in [6.45, 7) is 4.56. The van der Waals surface area contributed by atoms with Crippen molar-refractivity contribution >= 4 is 0 Å². The highest BCUT2D eigenvalue weighted by molar-refractivity contribution is 5.38. The number of hydrogen-bond donors (Lipinski definition) is 1. The average Bonchev–Trinajstić information content (AvgIpc) is 3.16. The van der Waals surface area contributed by atoms with Gasteiger partial charge in [-0.25, -0.2) is 13.5 Å². The van der Waals surface area contributed by atoms with E-state index < -0.39 is 11.6 Å². The second-order valence-electron chi connectivity index (χ2n) is 5.31. The van der Waals surface area contributed by atoms with Crippen molar-refractivity contribution in [1.82, 2.24) is 15.1 Å². The molecule has 106 valence electrons. The maximum atomic E-state index is 13.9. The molecule has 0 atom stereocenters. The third-order valence-corrected chi connectivity index (χ3v) is 3.72. The number of aromatic nitrogens is 2. The molecular formula is C15H17F2N3. The zero-order chi connectivity index (χ0) is 14.3. The fourth-order valence-electron chi connectivity index (χ4n) is 2.35. The van der Waals surface area contributed by atoms with Gasteiger partial charge in [0.25, 0.3) is 0 Å². The number of rotatable bonds is 4. The van der Waals surface area contributed by atoms with Crippen LogP contribution in [0.3, 0.4) is 0 Å². The van der Waals surface area contributed by atoms with Crippen LogP contribution < -0.4 is 5.32 Å². The lowest BCUT2D eigenvalue weighted by atomic mass is 10.2. The Labute approximate surface area is 116 Å². The molecule has 0 bridgehead atoms. The Balaban J connectivity index is 1.94. The van der Waals surface area contributed by atoms with Gasteiger partial charge in [0.2, 0.25) is 0 Å². The van der Waals surface area contributed by atoms with Crippen LogP contribution in [0.15, 0.2) is 18.2 Å². The Morgan fingerprint density at radius 3 is 2.70 bits per heavy atom. The lowest BCUT2D eigenvalue weighted by Crippen LogP contribution is -2.16. The second kappa shape index (κ2) is 4.98. The third kappa shape index (κ3) is 2.45. The summed E-state index contributed by atoms with van der Waals surface area (Å²) in [6.07, 6.45) is 2.44. The molecule has 0 saturated heterocycles. The Hall–Kier alpha value is -1.75. The Kier molecular flexibility index (Phi) is 3.30. The van der Waals surface area contributed by atoms with Crippen molar-refractivity contribution in [3.8, 4) is 5.69 Å². The summed E-state index contributed by atoms with van der Waals surface area (Å²) >= 11 is 0. The van der Waals surface area contributed by atoms with Gasteiger partial charge in [-0.05, 0) is 38.8 Å². The first kappa shape index (κ1) is 13.2. The molecule has 2 aromatic rings. The van der Waals surface area contributed by atoms with Crippen LogP contribution in [0, 0.1) is 25.5 Å². The lowest BCUT2D eigenvalue weighted by molar-refractivity contribution is 0.572. The normalized spacial score (nSPS) is 14.8. The van der Waals surface area contributed by atoms with Crippen LogP contribution in [-0.2, 0) is 6.54 Å². The van der Waals surface area contributed by atoms with E-state index in [0.717, 1.165) is 29.6 Å². The van der Waals surface area contributed by atoms with Crippen molar-refractivity contribution in [3.05, 3.63) is 46.8 Å². The predicted molar refractivity (Wildman–Crippen MR) is 72.8 cm³/mol. The van der Waals surface area contributed by atoms with Gasteiger partial charge in [0.05, 0.1) is 5.69 Å². The van der Waals surface area contributed by atoms with Crippen molar-refractivity contribution in [2.75, 3.05) is 0 Å². The van der Waals surface area contributed by atoms with Gasteiger partial charge >= 0.3 is 0 Å². The van der Waals surface area contributed by atoms with Gasteiger partial charge in [-0.3, -0.25) is 0 Å². The molecule has 1 aliphatic carbocycles. The van der Waals surface area contributed by atoms with Crippen molar-refractivity contribution in [2.24, 2.45) is 0 Å². The van der Waals surface area contributed by atoms with Gasteiger partial charge < -0.3 is 5.32 Å². The molecule has 1 aliphatic rings. The van der Waals surface area contributed by atoms with Crippen molar-refractivity contribution in [1.29, 1.82) is 0 Å². The standard InChI is InChI=1S/C15H17F2N3/c1-9-13(8-18-12-4-5-12)10(2)20(19-9)15-6-3-11(16)7-14(15)17/h3,6-7,12,18H,4-5,8H2,1-2H3. The monoisotopic (exact) mass is 277 g/mol. The van der Waals surface area contributed by atoms with Crippen molar-refractivity contribution in [2.45, 2.75) is 39.3 Å². The molecule has 1 N–H and O–H groups in total. The second-order valence-corrected chi connectivity index (χ2v) is 5.31. The average molecular weight is 277 g/mol. The molecule has 20 heavy (non-hydrogen) atoms. The molecule has 0 radical (unpaired) electrons. The summed E-state index contributed by atoms with van der Waals surface area (Å²) in [7, 11) is 0. The minimum atomic E-state index is -0.600. The van der Waals surface area contributed by atoms with Gasteiger partial charge in [0, 0.05) is 29.9 Å². The van der Waals surface area contributed by atoms with E-state index in [1.54, 1.807) is 4.68 Å². The van der Waals surface area contributed by atoms with Crippen molar-refractivity contribution < 1.29 is 8.78 Å². The van der Waals surface area contributed by atoms with Gasteiger partial charge in [-0.2, -0.15) is 5.10 Å². The zero-order valence-electron chi connectivity index (χ0n) is 11.6. The molecule has 5 heteroatoms. The predicted octanol–water partition coefficient (Wildman–Crippen LogP) is 3.02. The zero-order valence-corrected chi connectivity index (χ0v) is 11.6.